The minimum absolute atomic E-state index is 0.131. The molecule has 3 N–H and O–H groups in total. The summed E-state index contributed by atoms with van der Waals surface area (Å²) in [5, 5.41) is 15.3. The van der Waals surface area contributed by atoms with Crippen LogP contribution in [0.1, 0.15) is 26.7 Å². The Balaban J connectivity index is 2.77. The van der Waals surface area contributed by atoms with E-state index in [1.165, 1.54) is 6.33 Å². The molecule has 5 heteroatoms. The first-order valence-corrected chi connectivity index (χ1v) is 5.52. The van der Waals surface area contributed by atoms with Gasteiger partial charge in [-0.15, -0.1) is 0 Å². The maximum Gasteiger partial charge on any atom is 0.131 e. The van der Waals surface area contributed by atoms with Crippen LogP contribution < -0.4 is 10.6 Å². The molecule has 1 unspecified atom stereocenters. The lowest BCUT2D eigenvalue weighted by molar-refractivity contribution is 0.252. The summed E-state index contributed by atoms with van der Waals surface area (Å²) in [6.45, 7) is 4.33. The van der Waals surface area contributed by atoms with Crippen LogP contribution in [0.5, 0.6) is 0 Å². The van der Waals surface area contributed by atoms with Crippen molar-refractivity contribution in [2.45, 2.75) is 32.2 Å². The Kier molecular flexibility index (Phi) is 4.49. The van der Waals surface area contributed by atoms with Crippen LogP contribution in [0.25, 0.3) is 0 Å². The largest absolute Gasteiger partial charge is 0.396 e. The molecule has 0 spiro atoms. The van der Waals surface area contributed by atoms with Gasteiger partial charge in [-0.05, 0) is 19.8 Å². The smallest absolute Gasteiger partial charge is 0.131 e. The molecule has 1 heterocycles. The minimum Gasteiger partial charge on any atom is -0.396 e. The number of aliphatic hydroxyl groups excluding tert-OH is 1. The Hall–Kier alpha value is -1.36. The number of aromatic nitrogens is 2. The topological polar surface area (TPSA) is 70.1 Å². The number of hydrogen-bond acceptors (Lipinski definition) is 5. The molecule has 1 rings (SSSR count). The van der Waals surface area contributed by atoms with E-state index in [9.17, 15) is 0 Å². The third kappa shape index (κ3) is 3.34. The van der Waals surface area contributed by atoms with Crippen LogP contribution in [-0.4, -0.2) is 34.3 Å². The van der Waals surface area contributed by atoms with E-state index in [4.69, 9.17) is 5.11 Å². The van der Waals surface area contributed by atoms with Crippen molar-refractivity contribution in [1.29, 1.82) is 0 Å². The quantitative estimate of drug-likeness (QED) is 0.683. The van der Waals surface area contributed by atoms with Gasteiger partial charge in [0, 0.05) is 25.3 Å². The summed E-state index contributed by atoms with van der Waals surface area (Å²) >= 11 is 0. The molecule has 0 bridgehead atoms. The van der Waals surface area contributed by atoms with Crippen LogP contribution in [0.4, 0.5) is 11.6 Å². The maximum absolute atomic E-state index is 9.03. The van der Waals surface area contributed by atoms with Gasteiger partial charge in [0.2, 0.25) is 0 Å². The first kappa shape index (κ1) is 12.7. The molecule has 0 fully saturated rings. The highest BCUT2D eigenvalue weighted by Crippen LogP contribution is 2.20. The van der Waals surface area contributed by atoms with Gasteiger partial charge in [0.25, 0.3) is 0 Å². The van der Waals surface area contributed by atoms with Crippen molar-refractivity contribution < 1.29 is 5.11 Å². The summed E-state index contributed by atoms with van der Waals surface area (Å²) in [6.07, 6.45) is 3.14. The second-order valence-corrected chi connectivity index (χ2v) is 4.05. The molecule has 1 aromatic rings. The predicted octanol–water partition coefficient (Wildman–Crippen LogP) is 1.48. The lowest BCUT2D eigenvalue weighted by Crippen LogP contribution is -2.35. The first-order chi connectivity index (χ1) is 7.63. The van der Waals surface area contributed by atoms with Crippen LogP contribution in [0.3, 0.4) is 0 Å². The lowest BCUT2D eigenvalue weighted by Gasteiger charge is -2.29. The van der Waals surface area contributed by atoms with E-state index >= 15 is 0 Å². The summed E-state index contributed by atoms with van der Waals surface area (Å²) in [5.74, 6) is 1.55. The second kappa shape index (κ2) is 5.65. The van der Waals surface area contributed by atoms with Gasteiger partial charge in [-0.3, -0.25) is 0 Å². The fourth-order valence-electron chi connectivity index (χ4n) is 1.45. The zero-order chi connectivity index (χ0) is 12.0. The maximum atomic E-state index is 9.03. The zero-order valence-electron chi connectivity index (χ0n) is 10.1. The van der Waals surface area contributed by atoms with Gasteiger partial charge < -0.3 is 15.7 Å². The van der Waals surface area contributed by atoms with Crippen molar-refractivity contribution in [3.8, 4) is 0 Å². The van der Waals surface area contributed by atoms with Crippen molar-refractivity contribution >= 4 is 11.6 Å². The molecule has 0 aliphatic rings. The van der Waals surface area contributed by atoms with Gasteiger partial charge in [0.1, 0.15) is 18.0 Å². The normalized spacial score (nSPS) is 14.2. The first-order valence-electron chi connectivity index (χ1n) is 5.52. The molecular weight excluding hydrogens is 204 g/mol. The molecule has 0 radical (unpaired) electrons. The monoisotopic (exact) mass is 224 g/mol. The second-order valence-electron chi connectivity index (χ2n) is 4.05. The van der Waals surface area contributed by atoms with E-state index in [2.05, 4.69) is 34.4 Å². The van der Waals surface area contributed by atoms with E-state index in [1.54, 1.807) is 0 Å². The highest BCUT2D eigenvalue weighted by atomic mass is 16.3. The zero-order valence-corrected chi connectivity index (χ0v) is 10.1. The molecule has 5 nitrogen and oxygen atoms in total. The van der Waals surface area contributed by atoms with Gasteiger partial charge in [-0.25, -0.2) is 9.97 Å². The molecule has 0 aliphatic heterocycles. The van der Waals surface area contributed by atoms with Crippen molar-refractivity contribution in [2.24, 2.45) is 0 Å². The highest BCUT2D eigenvalue weighted by molar-refractivity contribution is 5.47. The fraction of sp³-hybridized carbons (Fsp3) is 0.636. The number of hydrogen-bond donors (Lipinski definition) is 3. The molecule has 0 amide bonds. The number of nitrogens with one attached hydrogen (secondary N) is 2. The summed E-state index contributed by atoms with van der Waals surface area (Å²) in [6, 6.07) is 1.85. The SMILES string of the molecule is CCC(C)(CCO)Nc1cc(NC)ncn1. The molecule has 0 aliphatic carbocycles. The number of anilines is 2. The number of aliphatic hydroxyl groups is 1. The van der Waals surface area contributed by atoms with Gasteiger partial charge in [0.15, 0.2) is 0 Å². The predicted molar refractivity (Wildman–Crippen MR) is 65.6 cm³/mol. The van der Waals surface area contributed by atoms with E-state index in [-0.39, 0.29) is 12.1 Å². The van der Waals surface area contributed by atoms with E-state index < -0.39 is 0 Å². The molecule has 0 saturated carbocycles. The van der Waals surface area contributed by atoms with Crippen LogP contribution in [0.2, 0.25) is 0 Å². The van der Waals surface area contributed by atoms with Gasteiger partial charge >= 0.3 is 0 Å². The van der Waals surface area contributed by atoms with Crippen LogP contribution in [0, 0.1) is 0 Å². The highest BCUT2D eigenvalue weighted by Gasteiger charge is 2.21. The van der Waals surface area contributed by atoms with Crippen LogP contribution in [0.15, 0.2) is 12.4 Å². The molecule has 16 heavy (non-hydrogen) atoms. The summed E-state index contributed by atoms with van der Waals surface area (Å²) in [7, 11) is 1.82. The Labute approximate surface area is 96.3 Å². The molecule has 0 saturated heterocycles. The Morgan fingerprint density at radius 3 is 2.62 bits per heavy atom. The molecule has 90 valence electrons. The van der Waals surface area contributed by atoms with Gasteiger partial charge in [-0.2, -0.15) is 0 Å². The van der Waals surface area contributed by atoms with Crippen molar-refractivity contribution in [1.82, 2.24) is 9.97 Å². The Bertz CT molecular complexity index is 332. The van der Waals surface area contributed by atoms with Crippen LogP contribution >= 0.6 is 0 Å². The van der Waals surface area contributed by atoms with E-state index in [0.29, 0.717) is 6.42 Å². The average Bonchev–Trinajstić information content (AvgIpc) is 2.29. The molecule has 1 aromatic heterocycles. The third-order valence-corrected chi connectivity index (χ3v) is 2.80. The van der Waals surface area contributed by atoms with Crippen LogP contribution in [-0.2, 0) is 0 Å². The molecule has 0 aromatic carbocycles. The van der Waals surface area contributed by atoms with Crippen molar-refractivity contribution in [2.75, 3.05) is 24.3 Å². The minimum atomic E-state index is -0.131. The standard InChI is InChI=1S/C11H20N4O/c1-4-11(2,5-6-16)15-10-7-9(12-3)13-8-14-10/h7-8,16H,4-6H2,1-3H3,(H2,12,13,14,15). The number of nitrogens with zero attached hydrogens (tertiary/aromatic N) is 2. The van der Waals surface area contributed by atoms with Gasteiger partial charge in [0.05, 0.1) is 0 Å². The summed E-state index contributed by atoms with van der Waals surface area (Å²) < 4.78 is 0. The lowest BCUT2D eigenvalue weighted by atomic mass is 9.95. The Morgan fingerprint density at radius 2 is 2.06 bits per heavy atom. The van der Waals surface area contributed by atoms with Crippen molar-refractivity contribution in [3.63, 3.8) is 0 Å². The summed E-state index contributed by atoms with van der Waals surface area (Å²) in [4.78, 5) is 8.21. The molecular formula is C11H20N4O. The molecule has 1 atom stereocenters. The summed E-state index contributed by atoms with van der Waals surface area (Å²) in [5.41, 5.74) is -0.131. The van der Waals surface area contributed by atoms with E-state index in [0.717, 1.165) is 18.1 Å². The Morgan fingerprint density at radius 1 is 1.38 bits per heavy atom. The van der Waals surface area contributed by atoms with Crippen molar-refractivity contribution in [3.05, 3.63) is 12.4 Å². The van der Waals surface area contributed by atoms with Gasteiger partial charge in [-0.1, -0.05) is 6.92 Å². The number of rotatable bonds is 6. The average molecular weight is 224 g/mol. The fourth-order valence-corrected chi connectivity index (χ4v) is 1.45. The third-order valence-electron chi connectivity index (χ3n) is 2.80. The van der Waals surface area contributed by atoms with E-state index in [1.807, 2.05) is 13.1 Å².